The summed E-state index contributed by atoms with van der Waals surface area (Å²) in [5, 5.41) is 8.21. The first kappa shape index (κ1) is 13.7. The van der Waals surface area contributed by atoms with E-state index >= 15 is 0 Å². The summed E-state index contributed by atoms with van der Waals surface area (Å²) < 4.78 is 11.1. The van der Waals surface area contributed by atoms with Crippen molar-refractivity contribution in [1.29, 1.82) is 0 Å². The Morgan fingerprint density at radius 2 is 2.21 bits per heavy atom. The number of rotatable bonds is 4. The van der Waals surface area contributed by atoms with Crippen molar-refractivity contribution < 1.29 is 9.26 Å². The Hall–Kier alpha value is -0.240. The summed E-state index contributed by atoms with van der Waals surface area (Å²) in [5.74, 6) is 3.78. The molecule has 0 bridgehead atoms. The monoisotopic (exact) mass is 301 g/mol. The van der Waals surface area contributed by atoms with Crippen LogP contribution in [0.1, 0.15) is 30.8 Å². The minimum absolute atomic E-state index is 0.0721. The van der Waals surface area contributed by atoms with E-state index in [4.69, 9.17) is 9.26 Å². The lowest BCUT2D eigenvalue weighted by molar-refractivity contribution is -0.0841. The molecule has 2 unspecified atom stereocenters. The van der Waals surface area contributed by atoms with Crippen molar-refractivity contribution in [3.63, 3.8) is 0 Å². The number of aromatic nitrogens is 2. The van der Waals surface area contributed by atoms with E-state index in [9.17, 15) is 0 Å². The van der Waals surface area contributed by atoms with Crippen molar-refractivity contribution in [3.05, 3.63) is 11.7 Å². The molecule has 106 valence electrons. The Bertz CT molecular complexity index is 436. The van der Waals surface area contributed by atoms with Crippen LogP contribution in [0, 0.1) is 0 Å². The summed E-state index contributed by atoms with van der Waals surface area (Å²) in [6.45, 7) is 6.51. The van der Waals surface area contributed by atoms with Gasteiger partial charge in [-0.05, 0) is 6.92 Å². The molecule has 2 atom stereocenters. The molecule has 19 heavy (non-hydrogen) atoms. The first-order chi connectivity index (χ1) is 9.16. The Balaban J connectivity index is 1.59. The molecular formula is C12H19N3O2S2. The zero-order valence-corrected chi connectivity index (χ0v) is 12.9. The Kier molecular flexibility index (Phi) is 4.07. The molecule has 5 nitrogen and oxygen atoms in total. The fourth-order valence-corrected chi connectivity index (χ4v) is 4.85. The molecule has 0 amide bonds. The first-order valence-electron chi connectivity index (χ1n) is 6.57. The molecule has 3 heterocycles. The maximum Gasteiger partial charge on any atom is 0.252 e. The molecule has 1 aromatic rings. The van der Waals surface area contributed by atoms with Gasteiger partial charge in [0, 0.05) is 29.8 Å². The third kappa shape index (κ3) is 3.09. The Morgan fingerprint density at radius 3 is 2.89 bits per heavy atom. The number of nitrogens with one attached hydrogen (secondary N) is 1. The maximum absolute atomic E-state index is 5.81. The summed E-state index contributed by atoms with van der Waals surface area (Å²) >= 11 is 3.90. The van der Waals surface area contributed by atoms with Gasteiger partial charge >= 0.3 is 0 Å². The number of hydrogen-bond donors (Lipinski definition) is 1. The zero-order valence-electron chi connectivity index (χ0n) is 11.2. The minimum atomic E-state index is -0.0721. The molecule has 2 fully saturated rings. The van der Waals surface area contributed by atoms with E-state index in [2.05, 4.69) is 29.3 Å². The second kappa shape index (κ2) is 5.63. The number of thioether (sulfide) groups is 2. The van der Waals surface area contributed by atoms with Gasteiger partial charge in [0.25, 0.3) is 5.89 Å². The molecular weight excluding hydrogens is 282 g/mol. The van der Waals surface area contributed by atoms with Crippen LogP contribution in [0.5, 0.6) is 0 Å². The summed E-state index contributed by atoms with van der Waals surface area (Å²) in [6.07, 6.45) is 0. The predicted octanol–water partition coefficient (Wildman–Crippen LogP) is 1.86. The molecule has 0 radical (unpaired) electrons. The highest BCUT2D eigenvalue weighted by Crippen LogP contribution is 2.41. The van der Waals surface area contributed by atoms with Gasteiger partial charge in [-0.25, -0.2) is 0 Å². The maximum atomic E-state index is 5.81. The van der Waals surface area contributed by atoms with E-state index in [1.54, 1.807) is 0 Å². The normalized spacial score (nSPS) is 30.0. The summed E-state index contributed by atoms with van der Waals surface area (Å²) in [6, 6.07) is 0. The molecule has 1 aromatic heterocycles. The van der Waals surface area contributed by atoms with E-state index < -0.39 is 0 Å². The SMILES string of the molecule is CC1SCCSC1c1noc(COC2(C)CNC2)n1. The lowest BCUT2D eigenvalue weighted by atomic mass is 10.0. The first-order valence-corrected chi connectivity index (χ1v) is 8.66. The fourth-order valence-electron chi connectivity index (χ4n) is 2.17. The second-order valence-corrected chi connectivity index (χ2v) is 7.99. The van der Waals surface area contributed by atoms with E-state index in [0.29, 0.717) is 23.0 Å². The summed E-state index contributed by atoms with van der Waals surface area (Å²) in [5.41, 5.74) is -0.0721. The predicted molar refractivity (Wildman–Crippen MR) is 77.5 cm³/mol. The molecule has 0 aromatic carbocycles. The van der Waals surface area contributed by atoms with Gasteiger partial charge in [0.1, 0.15) is 6.61 Å². The van der Waals surface area contributed by atoms with Crippen molar-refractivity contribution in [1.82, 2.24) is 15.5 Å². The van der Waals surface area contributed by atoms with Crippen molar-refractivity contribution in [2.45, 2.75) is 36.6 Å². The molecule has 2 aliphatic heterocycles. The smallest absolute Gasteiger partial charge is 0.252 e. The van der Waals surface area contributed by atoms with Crippen LogP contribution in [-0.4, -0.2) is 45.6 Å². The molecule has 1 N–H and O–H groups in total. The van der Waals surface area contributed by atoms with E-state index in [1.165, 1.54) is 5.75 Å². The number of hydrogen-bond acceptors (Lipinski definition) is 7. The average molecular weight is 301 g/mol. The Morgan fingerprint density at radius 1 is 1.42 bits per heavy atom. The van der Waals surface area contributed by atoms with Crippen LogP contribution in [0.15, 0.2) is 4.52 Å². The van der Waals surface area contributed by atoms with Crippen LogP contribution in [0.25, 0.3) is 0 Å². The molecule has 2 saturated heterocycles. The zero-order chi connectivity index (χ0) is 13.3. The quantitative estimate of drug-likeness (QED) is 0.910. The molecule has 0 saturated carbocycles. The third-order valence-electron chi connectivity index (χ3n) is 3.47. The van der Waals surface area contributed by atoms with Crippen LogP contribution in [0.4, 0.5) is 0 Å². The molecule has 3 rings (SSSR count). The van der Waals surface area contributed by atoms with E-state index in [1.807, 2.05) is 23.5 Å². The molecule has 2 aliphatic rings. The lowest BCUT2D eigenvalue weighted by Gasteiger charge is -2.38. The number of nitrogens with zero attached hydrogens (tertiary/aromatic N) is 2. The average Bonchev–Trinajstić information content (AvgIpc) is 2.83. The van der Waals surface area contributed by atoms with Crippen LogP contribution in [0.3, 0.4) is 0 Å². The van der Waals surface area contributed by atoms with Crippen molar-refractivity contribution >= 4 is 23.5 Å². The summed E-state index contributed by atoms with van der Waals surface area (Å²) in [7, 11) is 0. The van der Waals surface area contributed by atoms with Gasteiger partial charge in [-0.1, -0.05) is 12.1 Å². The molecule has 0 spiro atoms. The van der Waals surface area contributed by atoms with Crippen molar-refractivity contribution in [3.8, 4) is 0 Å². The van der Waals surface area contributed by atoms with E-state index in [0.717, 1.165) is 24.7 Å². The van der Waals surface area contributed by atoms with Crippen LogP contribution in [-0.2, 0) is 11.3 Å². The molecule has 7 heteroatoms. The van der Waals surface area contributed by atoms with Crippen LogP contribution in [0.2, 0.25) is 0 Å². The van der Waals surface area contributed by atoms with Gasteiger partial charge in [-0.3, -0.25) is 0 Å². The highest BCUT2D eigenvalue weighted by molar-refractivity contribution is 8.06. The van der Waals surface area contributed by atoms with Gasteiger partial charge in [0.2, 0.25) is 0 Å². The van der Waals surface area contributed by atoms with Crippen LogP contribution < -0.4 is 5.32 Å². The summed E-state index contributed by atoms with van der Waals surface area (Å²) in [4.78, 5) is 4.49. The van der Waals surface area contributed by atoms with Crippen LogP contribution >= 0.6 is 23.5 Å². The topological polar surface area (TPSA) is 60.2 Å². The van der Waals surface area contributed by atoms with Crippen molar-refractivity contribution in [2.75, 3.05) is 24.6 Å². The number of ether oxygens (including phenoxy) is 1. The van der Waals surface area contributed by atoms with Gasteiger partial charge in [0.15, 0.2) is 5.82 Å². The minimum Gasteiger partial charge on any atom is -0.363 e. The van der Waals surface area contributed by atoms with E-state index in [-0.39, 0.29) is 5.60 Å². The largest absolute Gasteiger partial charge is 0.363 e. The van der Waals surface area contributed by atoms with Gasteiger partial charge in [-0.15, -0.1) is 11.8 Å². The van der Waals surface area contributed by atoms with Gasteiger partial charge in [0.05, 0.1) is 10.9 Å². The Labute approximate surface area is 121 Å². The molecule has 0 aliphatic carbocycles. The van der Waals surface area contributed by atoms with Crippen molar-refractivity contribution in [2.24, 2.45) is 0 Å². The lowest BCUT2D eigenvalue weighted by Crippen LogP contribution is -2.58. The van der Waals surface area contributed by atoms with Gasteiger partial charge < -0.3 is 14.6 Å². The fraction of sp³-hybridized carbons (Fsp3) is 0.833. The van der Waals surface area contributed by atoms with Gasteiger partial charge in [-0.2, -0.15) is 16.7 Å². The highest BCUT2D eigenvalue weighted by Gasteiger charge is 2.33. The highest BCUT2D eigenvalue weighted by atomic mass is 32.2. The second-order valence-electron chi connectivity index (χ2n) is 5.26. The third-order valence-corrected chi connectivity index (χ3v) is 6.55. The standard InChI is InChI=1S/C12H19N3O2S2/c1-8-10(19-4-3-18-8)11-14-9(17-15-11)5-16-12(2)6-13-7-12/h8,10,13H,3-7H2,1-2H3.